The maximum Gasteiger partial charge on any atom is 0.321 e. The lowest BCUT2D eigenvalue weighted by Gasteiger charge is -2.16. The second-order valence-corrected chi connectivity index (χ2v) is 5.08. The number of thiophene rings is 1. The third kappa shape index (κ3) is 3.56. The second-order valence-electron chi connectivity index (χ2n) is 4.13. The zero-order valence-corrected chi connectivity index (χ0v) is 11.5. The molecule has 2 N–H and O–H groups in total. The van der Waals surface area contributed by atoms with E-state index in [1.54, 1.807) is 18.4 Å². The molecule has 100 valence electrons. The first-order valence-corrected chi connectivity index (χ1v) is 6.85. The predicted octanol–water partition coefficient (Wildman–Crippen LogP) is 2.87. The van der Waals surface area contributed by atoms with Crippen LogP contribution in [0.1, 0.15) is 0 Å². The number of likely N-dealkylation sites (N-methyl/N-ethyl adjacent to an activating group) is 1. The monoisotopic (exact) mass is 276 g/mol. The highest BCUT2D eigenvalue weighted by atomic mass is 32.1. The van der Waals surface area contributed by atoms with Gasteiger partial charge in [-0.05, 0) is 29.1 Å². The molecule has 0 unspecified atom stereocenters. The van der Waals surface area contributed by atoms with Crippen molar-refractivity contribution in [2.45, 2.75) is 0 Å². The van der Waals surface area contributed by atoms with Gasteiger partial charge < -0.3 is 15.3 Å². The Morgan fingerprint density at radius 2 is 2.21 bits per heavy atom. The number of nitrogens with one attached hydrogen (secondary N) is 1. The number of benzene rings is 1. The van der Waals surface area contributed by atoms with Crippen LogP contribution in [0.2, 0.25) is 0 Å². The third-order valence-corrected chi connectivity index (χ3v) is 3.62. The molecule has 0 bridgehead atoms. The highest BCUT2D eigenvalue weighted by Crippen LogP contribution is 2.26. The Kier molecular flexibility index (Phi) is 4.54. The summed E-state index contributed by atoms with van der Waals surface area (Å²) in [5.74, 6) is 0. The van der Waals surface area contributed by atoms with Crippen LogP contribution in [0, 0.1) is 0 Å². The Bertz CT molecular complexity index is 540. The van der Waals surface area contributed by atoms with Crippen LogP contribution in [0.3, 0.4) is 0 Å². The van der Waals surface area contributed by atoms with Crippen LogP contribution < -0.4 is 5.32 Å². The normalized spacial score (nSPS) is 10.2. The van der Waals surface area contributed by atoms with E-state index in [1.807, 2.05) is 41.8 Å². The quantitative estimate of drug-likeness (QED) is 0.902. The average Bonchev–Trinajstić information content (AvgIpc) is 2.93. The van der Waals surface area contributed by atoms with Crippen LogP contribution in [0.4, 0.5) is 10.5 Å². The van der Waals surface area contributed by atoms with Gasteiger partial charge in [-0.3, -0.25) is 0 Å². The van der Waals surface area contributed by atoms with E-state index in [2.05, 4.69) is 5.32 Å². The van der Waals surface area contributed by atoms with Gasteiger partial charge in [-0.15, -0.1) is 11.3 Å². The molecule has 4 nitrogen and oxygen atoms in total. The fourth-order valence-corrected chi connectivity index (χ4v) is 2.39. The van der Waals surface area contributed by atoms with Crippen molar-refractivity contribution in [1.29, 1.82) is 0 Å². The summed E-state index contributed by atoms with van der Waals surface area (Å²) in [6.07, 6.45) is 0. The Labute approximate surface area is 116 Å². The van der Waals surface area contributed by atoms with E-state index in [1.165, 1.54) is 9.78 Å². The summed E-state index contributed by atoms with van der Waals surface area (Å²) in [7, 11) is 1.65. The van der Waals surface area contributed by atoms with E-state index in [0.717, 1.165) is 11.3 Å². The smallest absolute Gasteiger partial charge is 0.321 e. The molecule has 1 heterocycles. The lowest BCUT2D eigenvalue weighted by atomic mass is 10.1. The van der Waals surface area contributed by atoms with E-state index in [0.29, 0.717) is 6.54 Å². The van der Waals surface area contributed by atoms with E-state index >= 15 is 0 Å². The number of carbonyl (C=O) groups excluding carboxylic acids is 1. The molecule has 0 atom stereocenters. The Hall–Kier alpha value is -1.85. The highest BCUT2D eigenvalue weighted by molar-refractivity contribution is 7.13. The first kappa shape index (κ1) is 13.6. The van der Waals surface area contributed by atoms with Crippen LogP contribution in [0.25, 0.3) is 10.4 Å². The van der Waals surface area contributed by atoms with Gasteiger partial charge in [-0.1, -0.05) is 18.2 Å². The van der Waals surface area contributed by atoms with Crippen LogP contribution >= 0.6 is 11.3 Å². The molecule has 0 spiro atoms. The maximum absolute atomic E-state index is 11.8. The van der Waals surface area contributed by atoms with Crippen LogP contribution in [0.15, 0.2) is 41.8 Å². The number of carbonyl (C=O) groups is 1. The fourth-order valence-electron chi connectivity index (χ4n) is 1.66. The summed E-state index contributed by atoms with van der Waals surface area (Å²) in [4.78, 5) is 14.4. The van der Waals surface area contributed by atoms with Crippen molar-refractivity contribution in [2.24, 2.45) is 0 Å². The molecule has 0 saturated heterocycles. The SMILES string of the molecule is CN(CCO)C(=O)Nc1cccc(-c2cccs2)c1. The van der Waals surface area contributed by atoms with Crippen LogP contribution in [0.5, 0.6) is 0 Å². The summed E-state index contributed by atoms with van der Waals surface area (Å²) >= 11 is 1.66. The number of amides is 2. The van der Waals surface area contributed by atoms with Crippen molar-refractivity contribution in [3.05, 3.63) is 41.8 Å². The first-order valence-electron chi connectivity index (χ1n) is 5.97. The molecule has 0 fully saturated rings. The average molecular weight is 276 g/mol. The molecular weight excluding hydrogens is 260 g/mol. The van der Waals surface area contributed by atoms with E-state index in [9.17, 15) is 4.79 Å². The van der Waals surface area contributed by atoms with Gasteiger partial charge in [0, 0.05) is 24.2 Å². The van der Waals surface area contributed by atoms with E-state index in [4.69, 9.17) is 5.11 Å². The van der Waals surface area contributed by atoms with E-state index in [-0.39, 0.29) is 12.6 Å². The summed E-state index contributed by atoms with van der Waals surface area (Å²) in [5, 5.41) is 13.6. The molecule has 0 saturated carbocycles. The van der Waals surface area contributed by atoms with Crippen molar-refractivity contribution in [3.63, 3.8) is 0 Å². The number of rotatable bonds is 4. The minimum absolute atomic E-state index is 0.0425. The second kappa shape index (κ2) is 6.36. The van der Waals surface area contributed by atoms with Gasteiger partial charge >= 0.3 is 6.03 Å². The van der Waals surface area contributed by atoms with Crippen LogP contribution in [-0.2, 0) is 0 Å². The molecule has 2 rings (SSSR count). The van der Waals surface area contributed by atoms with Gasteiger partial charge in [0.1, 0.15) is 0 Å². The minimum atomic E-state index is -0.225. The number of anilines is 1. The minimum Gasteiger partial charge on any atom is -0.395 e. The van der Waals surface area contributed by atoms with Gasteiger partial charge in [0.15, 0.2) is 0 Å². The molecule has 0 aliphatic rings. The van der Waals surface area contributed by atoms with Gasteiger partial charge in [0.25, 0.3) is 0 Å². The summed E-state index contributed by atoms with van der Waals surface area (Å²) in [6, 6.07) is 11.5. The third-order valence-electron chi connectivity index (χ3n) is 2.70. The number of aliphatic hydroxyl groups excluding tert-OH is 1. The van der Waals surface area contributed by atoms with Gasteiger partial charge in [0.05, 0.1) is 6.61 Å². The predicted molar refractivity (Wildman–Crippen MR) is 78.5 cm³/mol. The molecule has 19 heavy (non-hydrogen) atoms. The number of urea groups is 1. The first-order chi connectivity index (χ1) is 9.20. The zero-order valence-electron chi connectivity index (χ0n) is 10.7. The van der Waals surface area contributed by atoms with Crippen molar-refractivity contribution < 1.29 is 9.90 Å². The molecule has 5 heteroatoms. The molecular formula is C14H16N2O2S. The standard InChI is InChI=1S/C14H16N2O2S/c1-16(7-8-17)14(18)15-12-5-2-4-11(10-12)13-6-3-9-19-13/h2-6,9-10,17H,7-8H2,1H3,(H,15,18). The number of nitrogens with zero attached hydrogens (tertiary/aromatic N) is 1. The summed E-state index contributed by atoms with van der Waals surface area (Å²) in [6.45, 7) is 0.273. The number of hydrogen-bond acceptors (Lipinski definition) is 3. The zero-order chi connectivity index (χ0) is 13.7. The van der Waals surface area contributed by atoms with Crippen molar-refractivity contribution in [1.82, 2.24) is 4.90 Å². The summed E-state index contributed by atoms with van der Waals surface area (Å²) in [5.41, 5.74) is 1.83. The maximum atomic E-state index is 11.8. The Morgan fingerprint density at radius 1 is 1.37 bits per heavy atom. The van der Waals surface area contributed by atoms with Gasteiger partial charge in [-0.2, -0.15) is 0 Å². The lowest BCUT2D eigenvalue weighted by Crippen LogP contribution is -2.33. The topological polar surface area (TPSA) is 52.6 Å². The molecule has 0 aliphatic heterocycles. The fraction of sp³-hybridized carbons (Fsp3) is 0.214. The van der Waals surface area contributed by atoms with Crippen molar-refractivity contribution in [2.75, 3.05) is 25.5 Å². The molecule has 0 radical (unpaired) electrons. The number of hydrogen-bond donors (Lipinski definition) is 2. The van der Waals surface area contributed by atoms with Gasteiger partial charge in [-0.25, -0.2) is 4.79 Å². The molecule has 1 aromatic heterocycles. The summed E-state index contributed by atoms with van der Waals surface area (Å²) < 4.78 is 0. The van der Waals surface area contributed by atoms with Gasteiger partial charge in [0.2, 0.25) is 0 Å². The molecule has 2 aromatic rings. The highest BCUT2D eigenvalue weighted by Gasteiger charge is 2.08. The molecule has 0 aliphatic carbocycles. The van der Waals surface area contributed by atoms with Crippen molar-refractivity contribution in [3.8, 4) is 10.4 Å². The largest absolute Gasteiger partial charge is 0.395 e. The lowest BCUT2D eigenvalue weighted by molar-refractivity contribution is 0.202. The Morgan fingerprint density at radius 3 is 2.89 bits per heavy atom. The Balaban J connectivity index is 2.09. The van der Waals surface area contributed by atoms with E-state index < -0.39 is 0 Å². The number of aliphatic hydroxyl groups is 1. The molecule has 1 aromatic carbocycles. The van der Waals surface area contributed by atoms with Crippen molar-refractivity contribution >= 4 is 23.1 Å². The molecule has 2 amide bonds. The van der Waals surface area contributed by atoms with Crippen LogP contribution in [-0.4, -0.2) is 36.2 Å².